The number of halogens is 1. The normalized spacial score (nSPS) is 12.0. The lowest BCUT2D eigenvalue weighted by molar-refractivity contribution is -0.141. The number of esters is 1. The molecule has 0 aliphatic carbocycles. The zero-order valence-electron chi connectivity index (χ0n) is 12.5. The molecule has 0 aliphatic rings. The van der Waals surface area contributed by atoms with Crippen LogP contribution in [0.5, 0.6) is 5.88 Å². The second-order valence-corrected chi connectivity index (χ2v) is 6.20. The Balaban J connectivity index is 2.54. The first-order chi connectivity index (χ1) is 10.9. The van der Waals surface area contributed by atoms with Crippen LogP contribution in [0.15, 0.2) is 20.2 Å². The third kappa shape index (κ3) is 4.15. The summed E-state index contributed by atoms with van der Waals surface area (Å²) in [5.41, 5.74) is 7.26. The van der Waals surface area contributed by atoms with Gasteiger partial charge in [-0.25, -0.2) is 4.98 Å². The van der Waals surface area contributed by atoms with E-state index in [-0.39, 0.29) is 35.4 Å². The van der Waals surface area contributed by atoms with Crippen LogP contribution < -0.4 is 16.0 Å². The van der Waals surface area contributed by atoms with Crippen molar-refractivity contribution in [2.45, 2.75) is 19.5 Å². The third-order valence-corrected chi connectivity index (χ3v) is 4.01. The van der Waals surface area contributed by atoms with Crippen molar-refractivity contribution in [1.82, 2.24) is 14.5 Å². The molecule has 0 aromatic carbocycles. The highest BCUT2D eigenvalue weighted by Crippen LogP contribution is 2.24. The second-order valence-electron chi connectivity index (χ2n) is 4.68. The zero-order valence-corrected chi connectivity index (χ0v) is 14.9. The first kappa shape index (κ1) is 17.6. The van der Waals surface area contributed by atoms with Gasteiger partial charge in [-0.1, -0.05) is 0 Å². The van der Waals surface area contributed by atoms with Crippen LogP contribution in [0.25, 0.3) is 11.5 Å². The van der Waals surface area contributed by atoms with Gasteiger partial charge in [0.15, 0.2) is 5.82 Å². The van der Waals surface area contributed by atoms with Gasteiger partial charge in [0.05, 0.1) is 12.6 Å². The van der Waals surface area contributed by atoms with Crippen LogP contribution in [-0.2, 0) is 16.1 Å². The van der Waals surface area contributed by atoms with Crippen LogP contribution in [0.3, 0.4) is 0 Å². The molecule has 0 fully saturated rings. The number of hydrogen-bond acceptors (Lipinski definition) is 8. The minimum Gasteiger partial charge on any atom is -0.475 e. The summed E-state index contributed by atoms with van der Waals surface area (Å²) in [6, 6.07) is -0.219. The van der Waals surface area contributed by atoms with Gasteiger partial charge in [-0.3, -0.25) is 14.2 Å². The number of nitrogens with zero attached hydrogens (tertiary/aromatic N) is 3. The van der Waals surface area contributed by atoms with Gasteiger partial charge in [-0.15, -0.1) is 11.3 Å². The third-order valence-electron chi connectivity index (χ3n) is 2.74. The predicted molar refractivity (Wildman–Crippen MR) is 88.5 cm³/mol. The summed E-state index contributed by atoms with van der Waals surface area (Å²) >= 11 is 4.51. The summed E-state index contributed by atoms with van der Waals surface area (Å²) in [4.78, 5) is 32.6. The quantitative estimate of drug-likeness (QED) is 0.718. The fourth-order valence-electron chi connectivity index (χ4n) is 1.68. The Hall–Kier alpha value is -1.78. The number of hydrogen-bond donors (Lipinski definition) is 1. The lowest BCUT2D eigenvalue weighted by Gasteiger charge is -2.14. The number of carbonyl (C=O) groups excluding carboxylic acids is 1. The highest BCUT2D eigenvalue weighted by atomic mass is 79.9. The fourth-order valence-corrected chi connectivity index (χ4v) is 2.62. The number of rotatable bonds is 6. The summed E-state index contributed by atoms with van der Waals surface area (Å²) < 4.78 is 11.4. The van der Waals surface area contributed by atoms with E-state index in [4.69, 9.17) is 10.5 Å². The average molecular weight is 403 g/mol. The Morgan fingerprint density at radius 2 is 2.30 bits per heavy atom. The molecule has 124 valence electrons. The van der Waals surface area contributed by atoms with E-state index < -0.39 is 11.5 Å². The van der Waals surface area contributed by atoms with Crippen LogP contribution in [0.4, 0.5) is 0 Å². The molecule has 2 aromatic rings. The number of methoxy groups -OCH3 is 1. The van der Waals surface area contributed by atoms with E-state index in [9.17, 15) is 9.59 Å². The van der Waals surface area contributed by atoms with Crippen molar-refractivity contribution in [3.05, 3.63) is 25.7 Å². The SMILES string of the molecule is COC(=O)Cn1c(-c2cscn2)nc(OC[C@@H](C)N)c(Br)c1=O. The van der Waals surface area contributed by atoms with Gasteiger partial charge in [0.25, 0.3) is 5.56 Å². The number of nitrogens with two attached hydrogens (primary N) is 1. The van der Waals surface area contributed by atoms with E-state index >= 15 is 0 Å². The van der Waals surface area contributed by atoms with Crippen molar-refractivity contribution in [3.8, 4) is 17.4 Å². The number of thiazole rings is 1. The molecule has 0 aliphatic heterocycles. The molecule has 23 heavy (non-hydrogen) atoms. The maximum atomic E-state index is 12.5. The molecule has 0 saturated heterocycles. The Labute approximate surface area is 144 Å². The summed E-state index contributed by atoms with van der Waals surface area (Å²) in [5, 5.41) is 1.72. The Morgan fingerprint density at radius 3 is 2.87 bits per heavy atom. The molecule has 2 aromatic heterocycles. The lowest BCUT2D eigenvalue weighted by atomic mass is 10.4. The molecule has 0 spiro atoms. The van der Waals surface area contributed by atoms with Crippen molar-refractivity contribution in [2.75, 3.05) is 13.7 Å². The Morgan fingerprint density at radius 1 is 1.57 bits per heavy atom. The molecule has 2 N–H and O–H groups in total. The van der Waals surface area contributed by atoms with Crippen LogP contribution in [0.2, 0.25) is 0 Å². The smallest absolute Gasteiger partial charge is 0.325 e. The fraction of sp³-hybridized carbons (Fsp3) is 0.385. The molecular formula is C13H15BrN4O4S. The largest absolute Gasteiger partial charge is 0.475 e. The number of carbonyl (C=O) groups is 1. The highest BCUT2D eigenvalue weighted by molar-refractivity contribution is 9.10. The molecule has 0 amide bonds. The molecule has 0 saturated carbocycles. The van der Waals surface area contributed by atoms with E-state index in [2.05, 4.69) is 30.6 Å². The van der Waals surface area contributed by atoms with Crippen LogP contribution in [-0.4, -0.2) is 40.3 Å². The van der Waals surface area contributed by atoms with Crippen molar-refractivity contribution in [1.29, 1.82) is 0 Å². The molecule has 1 atom stereocenters. The van der Waals surface area contributed by atoms with Gasteiger partial charge in [0, 0.05) is 11.4 Å². The molecule has 10 heteroatoms. The number of aromatic nitrogens is 3. The van der Waals surface area contributed by atoms with Gasteiger partial charge in [0.2, 0.25) is 5.88 Å². The maximum absolute atomic E-state index is 12.5. The van der Waals surface area contributed by atoms with Crippen molar-refractivity contribution in [2.24, 2.45) is 5.73 Å². The van der Waals surface area contributed by atoms with E-state index in [0.717, 1.165) is 0 Å². The van der Waals surface area contributed by atoms with Crippen LogP contribution in [0.1, 0.15) is 6.92 Å². The topological polar surface area (TPSA) is 109 Å². The summed E-state index contributed by atoms with van der Waals surface area (Å²) in [6.07, 6.45) is 0. The molecule has 0 radical (unpaired) electrons. The van der Waals surface area contributed by atoms with Gasteiger partial charge in [-0.05, 0) is 22.9 Å². The average Bonchev–Trinajstić information content (AvgIpc) is 3.05. The minimum absolute atomic E-state index is 0.108. The van der Waals surface area contributed by atoms with E-state index in [0.29, 0.717) is 5.69 Å². The summed E-state index contributed by atoms with van der Waals surface area (Å²) in [6.45, 7) is 1.69. The molecule has 8 nitrogen and oxygen atoms in total. The van der Waals surface area contributed by atoms with Gasteiger partial charge in [0.1, 0.15) is 23.3 Å². The maximum Gasteiger partial charge on any atom is 0.325 e. The molecule has 0 unspecified atom stereocenters. The van der Waals surface area contributed by atoms with Crippen molar-refractivity contribution >= 4 is 33.2 Å². The highest BCUT2D eigenvalue weighted by Gasteiger charge is 2.20. The van der Waals surface area contributed by atoms with Gasteiger partial charge in [-0.2, -0.15) is 4.98 Å². The summed E-state index contributed by atoms with van der Waals surface area (Å²) in [7, 11) is 1.25. The van der Waals surface area contributed by atoms with E-state index in [1.54, 1.807) is 17.8 Å². The van der Waals surface area contributed by atoms with Crippen LogP contribution in [0, 0.1) is 0 Å². The summed E-state index contributed by atoms with van der Waals surface area (Å²) in [5.74, 6) is -0.234. The predicted octanol–water partition coefficient (Wildman–Crippen LogP) is 1.03. The van der Waals surface area contributed by atoms with Crippen molar-refractivity contribution in [3.63, 3.8) is 0 Å². The van der Waals surface area contributed by atoms with E-state index in [1.807, 2.05) is 0 Å². The zero-order chi connectivity index (χ0) is 17.0. The standard InChI is InChI=1S/C13H15BrN4O4S/c1-7(15)4-22-12-10(14)13(20)18(3-9(19)21-2)11(17-12)8-5-23-6-16-8/h5-7H,3-4,15H2,1-2H3/t7-/m1/s1. The van der Waals surface area contributed by atoms with E-state index in [1.165, 1.54) is 23.0 Å². The van der Waals surface area contributed by atoms with Gasteiger partial charge >= 0.3 is 5.97 Å². The first-order valence-corrected chi connectivity index (χ1v) is 8.31. The molecule has 2 heterocycles. The Bertz CT molecular complexity index is 745. The second kappa shape index (κ2) is 7.66. The molecule has 0 bridgehead atoms. The molecule has 2 rings (SSSR count). The lowest BCUT2D eigenvalue weighted by Crippen LogP contribution is -2.30. The Kier molecular flexibility index (Phi) is 5.85. The van der Waals surface area contributed by atoms with Crippen molar-refractivity contribution < 1.29 is 14.3 Å². The van der Waals surface area contributed by atoms with Crippen LogP contribution >= 0.6 is 27.3 Å². The van der Waals surface area contributed by atoms with Gasteiger partial charge < -0.3 is 15.2 Å². The number of ether oxygens (including phenoxy) is 2. The monoisotopic (exact) mass is 402 g/mol. The molecular weight excluding hydrogens is 388 g/mol. The first-order valence-electron chi connectivity index (χ1n) is 6.58. The minimum atomic E-state index is -0.568.